The molecule has 1 aliphatic carbocycles. The Balaban J connectivity index is 2.14. The highest BCUT2D eigenvalue weighted by atomic mass is 35.5. The third-order valence-electron chi connectivity index (χ3n) is 1.98. The van der Waals surface area contributed by atoms with Crippen LogP contribution in [-0.2, 0) is 0 Å². The fraction of sp³-hybridized carbons (Fsp3) is 0.167. The summed E-state index contributed by atoms with van der Waals surface area (Å²) in [7, 11) is 0. The summed E-state index contributed by atoms with van der Waals surface area (Å²) >= 11 is 6.21. The number of allylic oxidation sites excluding steroid dienone is 2. The van der Waals surface area contributed by atoms with Gasteiger partial charge in [0.05, 0.1) is 0 Å². The second-order valence-electron chi connectivity index (χ2n) is 3.15. The second kappa shape index (κ2) is 3.89. The van der Waals surface area contributed by atoms with Crippen LogP contribution in [0.5, 0.6) is 5.75 Å². The molecule has 1 aromatic carbocycles. The van der Waals surface area contributed by atoms with Crippen molar-refractivity contribution < 1.29 is 4.74 Å². The van der Waals surface area contributed by atoms with Gasteiger partial charge in [-0.3, -0.25) is 0 Å². The van der Waals surface area contributed by atoms with Crippen LogP contribution in [0.3, 0.4) is 0 Å². The van der Waals surface area contributed by atoms with Crippen molar-refractivity contribution in [1.82, 2.24) is 0 Å². The molecule has 0 N–H and O–H groups in total. The summed E-state index contributed by atoms with van der Waals surface area (Å²) in [6, 6.07) is 9.57. The molecule has 0 atom stereocenters. The van der Waals surface area contributed by atoms with Gasteiger partial charge in [-0.25, -0.2) is 0 Å². The van der Waals surface area contributed by atoms with E-state index in [2.05, 4.69) is 0 Å². The SMILES string of the molecule is ClC1(Oc2ccccc2)C=CCC=C1. The first-order valence-corrected chi connectivity index (χ1v) is 4.95. The van der Waals surface area contributed by atoms with Gasteiger partial charge in [0.2, 0.25) is 5.06 Å². The minimum absolute atomic E-state index is 0.777. The number of hydrogen-bond donors (Lipinski definition) is 0. The van der Waals surface area contributed by atoms with E-state index >= 15 is 0 Å². The third-order valence-corrected chi connectivity index (χ3v) is 2.31. The molecule has 0 heterocycles. The highest BCUT2D eigenvalue weighted by Gasteiger charge is 2.23. The van der Waals surface area contributed by atoms with Crippen LogP contribution in [0.4, 0.5) is 0 Å². The zero-order valence-electron chi connectivity index (χ0n) is 7.69. The lowest BCUT2D eigenvalue weighted by molar-refractivity contribution is 0.255. The zero-order chi connectivity index (χ0) is 9.86. The van der Waals surface area contributed by atoms with Crippen LogP contribution in [0.15, 0.2) is 54.6 Å². The van der Waals surface area contributed by atoms with Gasteiger partial charge in [0.25, 0.3) is 0 Å². The van der Waals surface area contributed by atoms with Crippen LogP contribution in [0.1, 0.15) is 6.42 Å². The van der Waals surface area contributed by atoms with Crippen molar-refractivity contribution in [3.63, 3.8) is 0 Å². The zero-order valence-corrected chi connectivity index (χ0v) is 8.45. The summed E-state index contributed by atoms with van der Waals surface area (Å²) in [6.45, 7) is 0. The number of para-hydroxylation sites is 1. The molecule has 0 amide bonds. The Morgan fingerprint density at radius 2 is 1.71 bits per heavy atom. The van der Waals surface area contributed by atoms with E-state index in [1.54, 1.807) is 0 Å². The minimum atomic E-state index is -0.806. The lowest BCUT2D eigenvalue weighted by Crippen LogP contribution is -2.24. The van der Waals surface area contributed by atoms with Crippen LogP contribution in [0.25, 0.3) is 0 Å². The Morgan fingerprint density at radius 1 is 1.07 bits per heavy atom. The molecule has 1 aliphatic rings. The number of benzene rings is 1. The molecular formula is C12H11ClO. The number of rotatable bonds is 2. The maximum absolute atomic E-state index is 6.21. The quantitative estimate of drug-likeness (QED) is 0.532. The summed E-state index contributed by atoms with van der Waals surface area (Å²) in [4.78, 5) is 0. The summed E-state index contributed by atoms with van der Waals surface area (Å²) in [5.74, 6) is 0.777. The number of hydrogen-bond acceptors (Lipinski definition) is 1. The summed E-state index contributed by atoms with van der Waals surface area (Å²) < 4.78 is 5.63. The lowest BCUT2D eigenvalue weighted by atomic mass is 10.1. The van der Waals surface area contributed by atoms with Gasteiger partial charge in [-0.2, -0.15) is 0 Å². The maximum atomic E-state index is 6.21. The fourth-order valence-electron chi connectivity index (χ4n) is 1.33. The van der Waals surface area contributed by atoms with E-state index in [-0.39, 0.29) is 0 Å². The van der Waals surface area contributed by atoms with Gasteiger partial charge in [0.1, 0.15) is 5.75 Å². The van der Waals surface area contributed by atoms with E-state index < -0.39 is 5.06 Å². The van der Waals surface area contributed by atoms with Crippen LogP contribution in [0.2, 0.25) is 0 Å². The van der Waals surface area contributed by atoms with Gasteiger partial charge in [-0.15, -0.1) is 0 Å². The molecule has 1 aromatic rings. The van der Waals surface area contributed by atoms with Crippen LogP contribution < -0.4 is 4.74 Å². The van der Waals surface area contributed by atoms with Crippen molar-refractivity contribution >= 4 is 11.6 Å². The highest BCUT2D eigenvalue weighted by Crippen LogP contribution is 2.27. The van der Waals surface area contributed by atoms with Gasteiger partial charge in [0, 0.05) is 0 Å². The fourth-order valence-corrected chi connectivity index (χ4v) is 1.60. The van der Waals surface area contributed by atoms with Crippen molar-refractivity contribution in [1.29, 1.82) is 0 Å². The van der Waals surface area contributed by atoms with Crippen molar-refractivity contribution in [2.45, 2.75) is 11.5 Å². The summed E-state index contributed by atoms with van der Waals surface area (Å²) in [6.07, 6.45) is 8.64. The number of ether oxygens (including phenoxy) is 1. The molecule has 0 fully saturated rings. The Morgan fingerprint density at radius 3 is 2.36 bits per heavy atom. The molecule has 2 heteroatoms. The average Bonchev–Trinajstić information content (AvgIpc) is 2.19. The van der Waals surface area contributed by atoms with E-state index in [1.165, 1.54) is 0 Å². The monoisotopic (exact) mass is 206 g/mol. The Hall–Kier alpha value is -1.21. The molecular weight excluding hydrogens is 196 g/mol. The number of alkyl halides is 1. The second-order valence-corrected chi connectivity index (χ2v) is 3.74. The van der Waals surface area contributed by atoms with Crippen LogP contribution >= 0.6 is 11.6 Å². The first-order chi connectivity index (χ1) is 6.79. The molecule has 2 rings (SSSR count). The van der Waals surface area contributed by atoms with Gasteiger partial charge in [-0.05, 0) is 30.7 Å². The molecule has 0 saturated carbocycles. The van der Waals surface area contributed by atoms with Crippen molar-refractivity contribution in [2.75, 3.05) is 0 Å². The van der Waals surface area contributed by atoms with E-state index in [9.17, 15) is 0 Å². The molecule has 0 spiro atoms. The van der Waals surface area contributed by atoms with Crippen LogP contribution in [-0.4, -0.2) is 5.06 Å². The molecule has 0 bridgehead atoms. The van der Waals surface area contributed by atoms with Gasteiger partial charge in [0.15, 0.2) is 0 Å². The normalized spacial score (nSPS) is 18.1. The average molecular weight is 207 g/mol. The Labute approximate surface area is 88.7 Å². The molecule has 0 saturated heterocycles. The van der Waals surface area contributed by atoms with E-state index in [4.69, 9.17) is 16.3 Å². The molecule has 0 unspecified atom stereocenters. The van der Waals surface area contributed by atoms with Crippen molar-refractivity contribution in [3.05, 3.63) is 54.6 Å². The molecule has 0 aromatic heterocycles. The molecule has 14 heavy (non-hydrogen) atoms. The van der Waals surface area contributed by atoms with E-state index in [1.807, 2.05) is 54.6 Å². The smallest absolute Gasteiger partial charge is 0.220 e. The molecule has 72 valence electrons. The minimum Gasteiger partial charge on any atom is -0.465 e. The van der Waals surface area contributed by atoms with Crippen molar-refractivity contribution in [2.24, 2.45) is 0 Å². The predicted molar refractivity (Wildman–Crippen MR) is 58.6 cm³/mol. The first kappa shape index (κ1) is 9.35. The third kappa shape index (κ3) is 2.18. The lowest BCUT2D eigenvalue weighted by Gasteiger charge is -2.23. The van der Waals surface area contributed by atoms with Crippen molar-refractivity contribution in [3.8, 4) is 5.75 Å². The Bertz CT molecular complexity index is 342. The standard InChI is InChI=1S/C12H11ClO/c13-12(9-5-2-6-10-12)14-11-7-3-1-4-8-11/h1,3-10H,2H2. The van der Waals surface area contributed by atoms with E-state index in [0.717, 1.165) is 12.2 Å². The van der Waals surface area contributed by atoms with Gasteiger partial charge in [-0.1, -0.05) is 42.0 Å². The van der Waals surface area contributed by atoms with Gasteiger partial charge >= 0.3 is 0 Å². The first-order valence-electron chi connectivity index (χ1n) is 4.57. The molecule has 0 radical (unpaired) electrons. The molecule has 1 nitrogen and oxygen atoms in total. The largest absolute Gasteiger partial charge is 0.465 e. The Kier molecular flexibility index (Phi) is 2.60. The number of halogens is 1. The highest BCUT2D eigenvalue weighted by molar-refractivity contribution is 6.25. The summed E-state index contributed by atoms with van der Waals surface area (Å²) in [5.41, 5.74) is 0. The molecule has 0 aliphatic heterocycles. The van der Waals surface area contributed by atoms with E-state index in [0.29, 0.717) is 0 Å². The predicted octanol–water partition coefficient (Wildman–Crippen LogP) is 3.52. The topological polar surface area (TPSA) is 9.23 Å². The summed E-state index contributed by atoms with van der Waals surface area (Å²) in [5, 5.41) is -0.806. The maximum Gasteiger partial charge on any atom is 0.220 e. The van der Waals surface area contributed by atoms with Gasteiger partial charge < -0.3 is 4.74 Å². The van der Waals surface area contributed by atoms with Crippen LogP contribution in [0, 0.1) is 0 Å².